The van der Waals surface area contributed by atoms with Crippen LogP contribution in [0.5, 0.6) is 0 Å². The maximum Gasteiger partial charge on any atom is 0.321 e. The SMILES string of the molecule is CC(C)S(=O)(=O)NC(CCC(=O)O)C(=O)O. The molecule has 0 spiro atoms. The van der Waals surface area contributed by atoms with Crippen LogP contribution in [0.1, 0.15) is 26.7 Å². The Hall–Kier alpha value is -1.15. The van der Waals surface area contributed by atoms with Crippen molar-refractivity contribution in [3.63, 3.8) is 0 Å². The number of sulfonamides is 1. The summed E-state index contributed by atoms with van der Waals surface area (Å²) in [7, 11) is -3.71. The summed E-state index contributed by atoms with van der Waals surface area (Å²) in [6.45, 7) is 2.80. The highest BCUT2D eigenvalue weighted by atomic mass is 32.2. The van der Waals surface area contributed by atoms with Gasteiger partial charge in [0, 0.05) is 6.42 Å². The van der Waals surface area contributed by atoms with E-state index in [2.05, 4.69) is 0 Å². The second-order valence-electron chi connectivity index (χ2n) is 3.53. The minimum absolute atomic E-state index is 0.281. The number of hydrogen-bond acceptors (Lipinski definition) is 4. The van der Waals surface area contributed by atoms with Crippen LogP contribution in [0.3, 0.4) is 0 Å². The lowest BCUT2D eigenvalue weighted by Gasteiger charge is -2.15. The Balaban J connectivity index is 4.58. The summed E-state index contributed by atoms with van der Waals surface area (Å²) in [5.41, 5.74) is 0. The molecule has 0 saturated carbocycles. The molecular weight excluding hydrogens is 238 g/mol. The molecule has 0 saturated heterocycles. The molecule has 0 heterocycles. The average molecular weight is 253 g/mol. The van der Waals surface area contributed by atoms with Gasteiger partial charge >= 0.3 is 11.9 Å². The monoisotopic (exact) mass is 253 g/mol. The van der Waals surface area contributed by atoms with Crippen molar-refractivity contribution in [3.05, 3.63) is 0 Å². The number of carbonyl (C=O) groups is 2. The molecule has 1 unspecified atom stereocenters. The standard InChI is InChI=1S/C8H15NO6S/c1-5(2)16(14,15)9-6(8(12)13)3-4-7(10)11/h5-6,9H,3-4H2,1-2H3,(H,10,11)(H,12,13). The third kappa shape index (κ3) is 5.08. The summed E-state index contributed by atoms with van der Waals surface area (Å²) in [4.78, 5) is 20.9. The van der Waals surface area contributed by atoms with Crippen molar-refractivity contribution in [1.29, 1.82) is 0 Å². The van der Waals surface area contributed by atoms with E-state index in [9.17, 15) is 18.0 Å². The van der Waals surface area contributed by atoms with Gasteiger partial charge < -0.3 is 10.2 Å². The van der Waals surface area contributed by atoms with Crippen LogP contribution < -0.4 is 4.72 Å². The van der Waals surface area contributed by atoms with E-state index < -0.39 is 39.7 Å². The van der Waals surface area contributed by atoms with E-state index in [0.717, 1.165) is 0 Å². The second-order valence-corrected chi connectivity index (χ2v) is 5.80. The summed E-state index contributed by atoms with van der Waals surface area (Å²) < 4.78 is 24.7. The average Bonchev–Trinajstić information content (AvgIpc) is 2.11. The minimum atomic E-state index is -3.71. The Kier molecular flexibility index (Phi) is 5.39. The maximum atomic E-state index is 11.4. The summed E-state index contributed by atoms with van der Waals surface area (Å²) in [5.74, 6) is -2.56. The molecule has 0 aromatic rings. The second kappa shape index (κ2) is 5.80. The zero-order valence-electron chi connectivity index (χ0n) is 9.00. The smallest absolute Gasteiger partial charge is 0.321 e. The first-order valence-electron chi connectivity index (χ1n) is 4.62. The molecule has 0 aliphatic heterocycles. The van der Waals surface area contributed by atoms with Gasteiger partial charge in [0.2, 0.25) is 10.0 Å². The summed E-state index contributed by atoms with van der Waals surface area (Å²) in [6, 6.07) is -1.40. The Morgan fingerprint density at radius 1 is 1.25 bits per heavy atom. The molecule has 8 heteroatoms. The van der Waals surface area contributed by atoms with Gasteiger partial charge in [-0.1, -0.05) is 0 Å². The van der Waals surface area contributed by atoms with Crippen LogP contribution in [0.2, 0.25) is 0 Å². The van der Waals surface area contributed by atoms with Crippen LogP contribution in [0.15, 0.2) is 0 Å². The summed E-state index contributed by atoms with van der Waals surface area (Å²) in [6.07, 6.45) is -0.686. The predicted octanol–water partition coefficient (Wildman–Crippen LogP) is -0.368. The molecule has 94 valence electrons. The summed E-state index contributed by atoms with van der Waals surface area (Å²) >= 11 is 0. The molecule has 7 nitrogen and oxygen atoms in total. The Morgan fingerprint density at radius 3 is 2.06 bits per heavy atom. The molecule has 0 aliphatic carbocycles. The molecule has 0 rings (SSSR count). The van der Waals surface area contributed by atoms with Gasteiger partial charge in [-0.3, -0.25) is 9.59 Å². The molecule has 0 radical (unpaired) electrons. The van der Waals surface area contributed by atoms with Gasteiger partial charge in [0.15, 0.2) is 0 Å². The van der Waals surface area contributed by atoms with Crippen molar-refractivity contribution in [2.75, 3.05) is 0 Å². The lowest BCUT2D eigenvalue weighted by molar-refractivity contribution is -0.140. The Morgan fingerprint density at radius 2 is 1.75 bits per heavy atom. The number of carboxylic acids is 2. The number of hydrogen-bond donors (Lipinski definition) is 3. The first-order valence-corrected chi connectivity index (χ1v) is 6.17. The van der Waals surface area contributed by atoms with E-state index in [0.29, 0.717) is 0 Å². The van der Waals surface area contributed by atoms with Crippen LogP contribution in [0.4, 0.5) is 0 Å². The Labute approximate surface area is 93.5 Å². The van der Waals surface area contributed by atoms with Crippen LogP contribution in [-0.4, -0.2) is 41.9 Å². The quantitative estimate of drug-likeness (QED) is 0.569. The normalized spacial score (nSPS) is 13.7. The Bertz CT molecular complexity index is 361. The topological polar surface area (TPSA) is 121 Å². The van der Waals surface area contributed by atoms with Gasteiger partial charge in [-0.25, -0.2) is 13.1 Å². The van der Waals surface area contributed by atoms with Crippen molar-refractivity contribution < 1.29 is 28.2 Å². The summed E-state index contributed by atoms with van der Waals surface area (Å²) in [5, 5.41) is 16.3. The molecule has 0 aromatic heterocycles. The fourth-order valence-corrected chi connectivity index (χ4v) is 1.72. The molecule has 3 N–H and O–H groups in total. The molecule has 0 aromatic carbocycles. The minimum Gasteiger partial charge on any atom is -0.481 e. The van der Waals surface area contributed by atoms with E-state index in [1.165, 1.54) is 13.8 Å². The van der Waals surface area contributed by atoms with Gasteiger partial charge in [0.1, 0.15) is 6.04 Å². The maximum absolute atomic E-state index is 11.4. The van der Waals surface area contributed by atoms with Crippen LogP contribution in [0.25, 0.3) is 0 Å². The zero-order valence-corrected chi connectivity index (χ0v) is 9.82. The third-order valence-corrected chi connectivity index (χ3v) is 3.73. The molecule has 0 bridgehead atoms. The first-order chi connectivity index (χ1) is 7.16. The third-order valence-electron chi connectivity index (χ3n) is 1.87. The molecule has 16 heavy (non-hydrogen) atoms. The van der Waals surface area contributed by atoms with Crippen LogP contribution >= 0.6 is 0 Å². The van der Waals surface area contributed by atoms with E-state index in [-0.39, 0.29) is 6.42 Å². The van der Waals surface area contributed by atoms with Gasteiger partial charge in [-0.15, -0.1) is 0 Å². The van der Waals surface area contributed by atoms with Gasteiger partial charge in [-0.05, 0) is 20.3 Å². The van der Waals surface area contributed by atoms with Crippen molar-refractivity contribution in [2.24, 2.45) is 0 Å². The molecule has 0 fully saturated rings. The number of carboxylic acid groups (broad SMARTS) is 2. The van der Waals surface area contributed by atoms with Gasteiger partial charge in [-0.2, -0.15) is 0 Å². The van der Waals surface area contributed by atoms with Crippen molar-refractivity contribution >= 4 is 22.0 Å². The fourth-order valence-electron chi connectivity index (χ4n) is 0.835. The van der Waals surface area contributed by atoms with Crippen LogP contribution in [-0.2, 0) is 19.6 Å². The number of nitrogens with one attached hydrogen (secondary N) is 1. The number of aliphatic carboxylic acids is 2. The number of rotatable bonds is 7. The highest BCUT2D eigenvalue weighted by Crippen LogP contribution is 2.04. The highest BCUT2D eigenvalue weighted by Gasteiger charge is 2.26. The zero-order chi connectivity index (χ0) is 12.9. The van der Waals surface area contributed by atoms with Crippen molar-refractivity contribution in [3.8, 4) is 0 Å². The van der Waals surface area contributed by atoms with Gasteiger partial charge in [0.05, 0.1) is 5.25 Å². The lowest BCUT2D eigenvalue weighted by Crippen LogP contribution is -2.43. The first kappa shape index (κ1) is 14.8. The van der Waals surface area contributed by atoms with E-state index in [1.54, 1.807) is 0 Å². The fraction of sp³-hybridized carbons (Fsp3) is 0.750. The lowest BCUT2D eigenvalue weighted by atomic mass is 10.2. The molecule has 1 atom stereocenters. The van der Waals surface area contributed by atoms with E-state index in [1.807, 2.05) is 4.72 Å². The van der Waals surface area contributed by atoms with E-state index in [4.69, 9.17) is 10.2 Å². The predicted molar refractivity (Wildman–Crippen MR) is 55.5 cm³/mol. The molecular formula is C8H15NO6S. The van der Waals surface area contributed by atoms with E-state index >= 15 is 0 Å². The largest absolute Gasteiger partial charge is 0.481 e. The molecule has 0 amide bonds. The highest BCUT2D eigenvalue weighted by molar-refractivity contribution is 7.90. The van der Waals surface area contributed by atoms with Crippen molar-refractivity contribution in [1.82, 2.24) is 4.72 Å². The molecule has 0 aliphatic rings. The van der Waals surface area contributed by atoms with Crippen LogP contribution in [0, 0.1) is 0 Å². The van der Waals surface area contributed by atoms with Crippen molar-refractivity contribution in [2.45, 2.75) is 38.0 Å². The van der Waals surface area contributed by atoms with Gasteiger partial charge in [0.25, 0.3) is 0 Å².